The van der Waals surface area contributed by atoms with Gasteiger partial charge in [0.25, 0.3) is 11.5 Å². The quantitative estimate of drug-likeness (QED) is 0.567. The summed E-state index contributed by atoms with van der Waals surface area (Å²) in [7, 11) is 1.58. The number of fused-ring (bicyclic) bond motifs is 1. The zero-order valence-electron chi connectivity index (χ0n) is 15.8. The first-order chi connectivity index (χ1) is 14.2. The van der Waals surface area contributed by atoms with Gasteiger partial charge in [-0.1, -0.05) is 18.2 Å². The number of nitrogens with zero attached hydrogens (tertiary/aromatic N) is 2. The molecule has 0 aliphatic heterocycles. The summed E-state index contributed by atoms with van der Waals surface area (Å²) in [5, 5.41) is 0.866. The number of aromatic nitrogens is 2. The minimum absolute atomic E-state index is 0.141. The van der Waals surface area contributed by atoms with Crippen molar-refractivity contribution in [1.82, 2.24) is 9.97 Å². The molecule has 0 atom stereocenters. The molecule has 0 aliphatic rings. The Bertz CT molecular complexity index is 1200. The van der Waals surface area contributed by atoms with Crippen LogP contribution in [0.25, 0.3) is 10.9 Å². The van der Waals surface area contributed by atoms with Crippen molar-refractivity contribution in [3.63, 3.8) is 0 Å². The maximum atomic E-state index is 13.2. The smallest absolute Gasteiger partial charge is 0.258 e. The van der Waals surface area contributed by atoms with Crippen LogP contribution in [0.2, 0.25) is 0 Å². The van der Waals surface area contributed by atoms with Crippen LogP contribution in [0.3, 0.4) is 0 Å². The van der Waals surface area contributed by atoms with E-state index in [-0.39, 0.29) is 18.0 Å². The van der Waals surface area contributed by atoms with Crippen LogP contribution in [0.4, 0.5) is 5.69 Å². The van der Waals surface area contributed by atoms with Gasteiger partial charge in [-0.05, 0) is 47.9 Å². The van der Waals surface area contributed by atoms with Crippen molar-refractivity contribution in [3.8, 4) is 5.75 Å². The van der Waals surface area contributed by atoms with E-state index in [9.17, 15) is 9.59 Å². The molecule has 0 aliphatic carbocycles. The molecule has 2 heterocycles. The molecule has 2 aromatic heterocycles. The van der Waals surface area contributed by atoms with Crippen molar-refractivity contribution >= 4 is 22.5 Å². The third kappa shape index (κ3) is 3.87. The molecular weight excluding hydrogens is 366 g/mol. The molecule has 0 spiro atoms. The van der Waals surface area contributed by atoms with E-state index in [1.54, 1.807) is 42.6 Å². The summed E-state index contributed by atoms with van der Waals surface area (Å²) < 4.78 is 5.22. The van der Waals surface area contributed by atoms with E-state index in [1.807, 2.05) is 48.5 Å². The maximum Gasteiger partial charge on any atom is 0.258 e. The van der Waals surface area contributed by atoms with E-state index in [0.717, 1.165) is 5.39 Å². The average molecular weight is 385 g/mol. The molecular formula is C23H19N3O3. The molecule has 0 unspecified atom stereocenters. The van der Waals surface area contributed by atoms with Gasteiger partial charge < -0.3 is 14.6 Å². The summed E-state index contributed by atoms with van der Waals surface area (Å²) in [6.45, 7) is 0.141. The predicted molar refractivity (Wildman–Crippen MR) is 112 cm³/mol. The Balaban J connectivity index is 1.75. The van der Waals surface area contributed by atoms with Crippen LogP contribution in [-0.2, 0) is 6.54 Å². The number of H-pyrrole nitrogens is 1. The van der Waals surface area contributed by atoms with E-state index >= 15 is 0 Å². The van der Waals surface area contributed by atoms with Gasteiger partial charge in [-0.3, -0.25) is 14.6 Å². The molecule has 0 saturated carbocycles. The van der Waals surface area contributed by atoms with Crippen LogP contribution < -0.4 is 15.2 Å². The lowest BCUT2D eigenvalue weighted by molar-refractivity contribution is 0.0985. The summed E-state index contributed by atoms with van der Waals surface area (Å²) in [6, 6.07) is 19.9. The van der Waals surface area contributed by atoms with Gasteiger partial charge in [-0.2, -0.15) is 0 Å². The monoisotopic (exact) mass is 385 g/mol. The number of hydrogen-bond donors (Lipinski definition) is 1. The number of aromatic amines is 1. The Morgan fingerprint density at radius 3 is 2.52 bits per heavy atom. The molecule has 0 radical (unpaired) electrons. The first-order valence-corrected chi connectivity index (χ1v) is 9.12. The van der Waals surface area contributed by atoms with Crippen molar-refractivity contribution in [2.45, 2.75) is 6.54 Å². The third-order valence-corrected chi connectivity index (χ3v) is 4.70. The zero-order chi connectivity index (χ0) is 20.2. The Kier molecular flexibility index (Phi) is 5.07. The number of para-hydroxylation sites is 1. The van der Waals surface area contributed by atoms with Gasteiger partial charge in [0.05, 0.1) is 19.2 Å². The topological polar surface area (TPSA) is 75.3 Å². The normalized spacial score (nSPS) is 10.7. The summed E-state index contributed by atoms with van der Waals surface area (Å²) in [5.74, 6) is 0.465. The summed E-state index contributed by atoms with van der Waals surface area (Å²) >= 11 is 0. The van der Waals surface area contributed by atoms with Gasteiger partial charge in [0, 0.05) is 35.3 Å². The molecule has 0 bridgehead atoms. The van der Waals surface area contributed by atoms with Gasteiger partial charge >= 0.3 is 0 Å². The molecule has 144 valence electrons. The Morgan fingerprint density at radius 1 is 1.03 bits per heavy atom. The minimum atomic E-state index is -0.241. The van der Waals surface area contributed by atoms with Gasteiger partial charge in [-0.15, -0.1) is 0 Å². The van der Waals surface area contributed by atoms with Gasteiger partial charge in [-0.25, -0.2) is 0 Å². The van der Waals surface area contributed by atoms with E-state index < -0.39 is 0 Å². The Hall–Kier alpha value is -3.93. The molecule has 6 heteroatoms. The summed E-state index contributed by atoms with van der Waals surface area (Å²) in [4.78, 5) is 34.3. The fraction of sp³-hybridized carbons (Fsp3) is 0.0870. The van der Waals surface area contributed by atoms with Crippen molar-refractivity contribution in [2.24, 2.45) is 0 Å². The second-order valence-electron chi connectivity index (χ2n) is 6.54. The van der Waals surface area contributed by atoms with Gasteiger partial charge in [0.2, 0.25) is 0 Å². The highest BCUT2D eigenvalue weighted by atomic mass is 16.5. The van der Waals surface area contributed by atoms with Crippen LogP contribution in [0, 0.1) is 0 Å². The van der Waals surface area contributed by atoms with E-state index in [1.165, 1.54) is 0 Å². The number of anilines is 1. The molecule has 1 N–H and O–H groups in total. The van der Waals surface area contributed by atoms with E-state index in [4.69, 9.17) is 4.74 Å². The van der Waals surface area contributed by atoms with Crippen molar-refractivity contribution < 1.29 is 9.53 Å². The number of nitrogens with one attached hydrogen (secondary N) is 1. The highest BCUT2D eigenvalue weighted by Crippen LogP contribution is 2.22. The van der Waals surface area contributed by atoms with E-state index in [2.05, 4.69) is 9.97 Å². The van der Waals surface area contributed by atoms with Crippen molar-refractivity contribution in [3.05, 3.63) is 101 Å². The number of pyridine rings is 2. The molecule has 4 rings (SSSR count). The number of carbonyl (C=O) groups excluding carboxylic acids is 1. The lowest BCUT2D eigenvalue weighted by atomic mass is 10.1. The molecule has 6 nitrogen and oxygen atoms in total. The fourth-order valence-corrected chi connectivity index (χ4v) is 3.18. The van der Waals surface area contributed by atoms with Crippen LogP contribution in [0.5, 0.6) is 5.75 Å². The number of ether oxygens (including phenoxy) is 1. The highest BCUT2D eigenvalue weighted by molar-refractivity contribution is 6.05. The number of benzene rings is 2. The zero-order valence-corrected chi connectivity index (χ0v) is 15.8. The first kappa shape index (κ1) is 18.4. The van der Waals surface area contributed by atoms with Gasteiger partial charge in [0.1, 0.15) is 5.75 Å². The predicted octanol–water partition coefficient (Wildman–Crippen LogP) is 3.78. The SMILES string of the molecule is COc1ccc2cc(CN(C(=O)c3ccncc3)c3ccccc3)c(=O)[nH]c2c1. The van der Waals surface area contributed by atoms with Crippen molar-refractivity contribution in [2.75, 3.05) is 12.0 Å². The molecule has 2 aromatic carbocycles. The highest BCUT2D eigenvalue weighted by Gasteiger charge is 2.19. The van der Waals surface area contributed by atoms with Crippen LogP contribution in [0.1, 0.15) is 15.9 Å². The lowest BCUT2D eigenvalue weighted by Gasteiger charge is -2.23. The summed E-state index contributed by atoms with van der Waals surface area (Å²) in [5.41, 5.74) is 2.15. The average Bonchev–Trinajstić information content (AvgIpc) is 2.78. The number of carbonyl (C=O) groups is 1. The lowest BCUT2D eigenvalue weighted by Crippen LogP contribution is -2.32. The number of hydrogen-bond acceptors (Lipinski definition) is 4. The number of rotatable bonds is 5. The Labute approximate surface area is 167 Å². The first-order valence-electron chi connectivity index (χ1n) is 9.12. The molecule has 0 fully saturated rings. The van der Waals surface area contributed by atoms with Crippen LogP contribution >= 0.6 is 0 Å². The molecule has 4 aromatic rings. The fourth-order valence-electron chi connectivity index (χ4n) is 3.18. The molecule has 1 amide bonds. The largest absolute Gasteiger partial charge is 0.497 e. The van der Waals surface area contributed by atoms with Crippen LogP contribution in [0.15, 0.2) is 83.9 Å². The summed E-state index contributed by atoms with van der Waals surface area (Å²) in [6.07, 6.45) is 3.15. The number of methoxy groups -OCH3 is 1. The van der Waals surface area contributed by atoms with Crippen molar-refractivity contribution in [1.29, 1.82) is 0 Å². The second-order valence-corrected chi connectivity index (χ2v) is 6.54. The molecule has 29 heavy (non-hydrogen) atoms. The third-order valence-electron chi connectivity index (χ3n) is 4.70. The standard InChI is InChI=1S/C23H19N3O3/c1-29-20-8-7-17-13-18(22(27)25-21(17)14-20)15-26(19-5-3-2-4-6-19)23(28)16-9-11-24-12-10-16/h2-14H,15H2,1H3,(H,25,27). The maximum absolute atomic E-state index is 13.2. The number of amides is 1. The second kappa shape index (κ2) is 7.98. The van der Waals surface area contributed by atoms with Crippen LogP contribution in [-0.4, -0.2) is 23.0 Å². The Morgan fingerprint density at radius 2 is 1.79 bits per heavy atom. The molecule has 0 saturated heterocycles. The van der Waals surface area contributed by atoms with E-state index in [0.29, 0.717) is 28.1 Å². The van der Waals surface area contributed by atoms with Gasteiger partial charge in [0.15, 0.2) is 0 Å². The minimum Gasteiger partial charge on any atom is -0.497 e.